The van der Waals surface area contributed by atoms with Crippen LogP contribution in [0.5, 0.6) is 0 Å². The molecule has 1 heterocycles. The van der Waals surface area contributed by atoms with E-state index in [1.807, 2.05) is 0 Å². The zero-order chi connectivity index (χ0) is 5.82. The molecule has 1 N–H and O–H groups in total. The minimum absolute atomic E-state index is 0. The third-order valence-corrected chi connectivity index (χ3v) is 0.888. The zero-order valence-corrected chi connectivity index (χ0v) is 6.34. The molecule has 0 spiro atoms. The van der Waals surface area contributed by atoms with Crippen molar-refractivity contribution in [3.8, 4) is 0 Å². The van der Waals surface area contributed by atoms with Gasteiger partial charge in [-0.3, -0.25) is 9.78 Å². The monoisotopic (exact) mass is 190 g/mol. The Bertz CT molecular complexity index is 161. The first-order valence-electron chi connectivity index (χ1n) is 2.39. The molecule has 0 saturated heterocycles. The molecular weight excluding hydrogens is 184 g/mol. The van der Waals surface area contributed by atoms with E-state index >= 15 is 0 Å². The van der Waals surface area contributed by atoms with Crippen LogP contribution in [-0.4, -0.2) is 11.3 Å². The van der Waals surface area contributed by atoms with Gasteiger partial charge in [0.2, 0.25) is 6.33 Å². The number of rotatable bonds is 2. The lowest BCUT2D eigenvalue weighted by Gasteiger charge is -1.78. The van der Waals surface area contributed by atoms with Crippen molar-refractivity contribution in [2.75, 3.05) is 0 Å². The van der Waals surface area contributed by atoms with Crippen molar-refractivity contribution in [3.63, 3.8) is 0 Å². The molecule has 0 fully saturated rings. The maximum Gasteiger partial charge on any atom is 0.241 e. The Morgan fingerprint density at radius 1 is 1.67 bits per heavy atom. The first-order chi connectivity index (χ1) is 3.93. The van der Waals surface area contributed by atoms with Gasteiger partial charge in [-0.25, -0.2) is 4.57 Å². The van der Waals surface area contributed by atoms with E-state index in [1.165, 1.54) is 0 Å². The minimum atomic E-state index is 0. The van der Waals surface area contributed by atoms with Crippen LogP contribution >= 0.6 is 0 Å². The Kier molecular flexibility index (Phi) is 3.96. The number of carbonyl (C=O) groups is 1. The Hall–Kier alpha value is -0.640. The SMILES string of the molecule is O=CC[n+]1cc[nH]c1.[Br-]. The number of H-pyrrole nitrogens is 1. The number of nitrogens with one attached hydrogen (secondary N) is 1. The van der Waals surface area contributed by atoms with Gasteiger partial charge in [-0.05, 0) is 0 Å². The molecule has 0 saturated carbocycles. The number of imidazole rings is 1. The lowest BCUT2D eigenvalue weighted by atomic mass is 10.7. The molecule has 0 aliphatic heterocycles. The first-order valence-corrected chi connectivity index (χ1v) is 2.39. The Labute approximate surface area is 63.5 Å². The van der Waals surface area contributed by atoms with Crippen LogP contribution in [0, 0.1) is 0 Å². The fourth-order valence-electron chi connectivity index (χ4n) is 0.520. The molecule has 0 atom stereocenters. The molecule has 0 unspecified atom stereocenters. The summed E-state index contributed by atoms with van der Waals surface area (Å²) >= 11 is 0. The van der Waals surface area contributed by atoms with Crippen LogP contribution in [0.1, 0.15) is 0 Å². The smallest absolute Gasteiger partial charge is 0.241 e. The van der Waals surface area contributed by atoms with Crippen LogP contribution in [0.2, 0.25) is 0 Å². The quantitative estimate of drug-likeness (QED) is 0.382. The molecule has 0 radical (unpaired) electrons. The van der Waals surface area contributed by atoms with Gasteiger partial charge in [0, 0.05) is 0 Å². The number of aromatic amines is 1. The lowest BCUT2D eigenvalue weighted by Crippen LogP contribution is -3.00. The van der Waals surface area contributed by atoms with E-state index in [-0.39, 0.29) is 17.0 Å². The van der Waals surface area contributed by atoms with Crippen LogP contribution in [-0.2, 0) is 11.3 Å². The standard InChI is InChI=1S/C5H6N2O.BrH/c8-4-3-7-2-1-6-5-7;/h1-2,4-5H,3H2;1H. The Balaban J connectivity index is 0.000000640. The van der Waals surface area contributed by atoms with Crippen molar-refractivity contribution >= 4 is 6.29 Å². The summed E-state index contributed by atoms with van der Waals surface area (Å²) < 4.78 is 1.76. The minimum Gasteiger partial charge on any atom is -1.00 e. The molecule has 1 aromatic rings. The van der Waals surface area contributed by atoms with Crippen molar-refractivity contribution < 1.29 is 26.3 Å². The van der Waals surface area contributed by atoms with Crippen LogP contribution < -0.4 is 21.5 Å². The number of aldehydes is 1. The number of nitrogens with zero attached hydrogens (tertiary/aromatic N) is 1. The normalized spacial score (nSPS) is 8.00. The van der Waals surface area contributed by atoms with Gasteiger partial charge in [-0.2, -0.15) is 0 Å². The second-order valence-corrected chi connectivity index (χ2v) is 1.47. The second kappa shape index (κ2) is 4.26. The number of halogens is 1. The molecule has 3 nitrogen and oxygen atoms in total. The molecule has 0 aromatic carbocycles. The van der Waals surface area contributed by atoms with Gasteiger partial charge in [-0.15, -0.1) is 0 Å². The maximum absolute atomic E-state index is 9.84. The third kappa shape index (κ3) is 2.41. The summed E-state index contributed by atoms with van der Waals surface area (Å²) in [7, 11) is 0. The average molecular weight is 191 g/mol. The van der Waals surface area contributed by atoms with E-state index in [4.69, 9.17) is 0 Å². The van der Waals surface area contributed by atoms with E-state index in [1.54, 1.807) is 23.3 Å². The molecule has 9 heavy (non-hydrogen) atoms. The average Bonchev–Trinajstić information content (AvgIpc) is 2.19. The molecule has 50 valence electrons. The van der Waals surface area contributed by atoms with Crippen molar-refractivity contribution in [2.24, 2.45) is 0 Å². The fraction of sp³-hybridized carbons (Fsp3) is 0.200. The van der Waals surface area contributed by atoms with Gasteiger partial charge in [0.05, 0.1) is 0 Å². The molecule has 1 rings (SSSR count). The summed E-state index contributed by atoms with van der Waals surface area (Å²) in [6.07, 6.45) is 6.15. The van der Waals surface area contributed by atoms with E-state index in [9.17, 15) is 4.79 Å². The summed E-state index contributed by atoms with van der Waals surface area (Å²) in [6.45, 7) is 0.434. The number of hydrogen-bond donors (Lipinski definition) is 1. The lowest BCUT2D eigenvalue weighted by molar-refractivity contribution is -0.681. The number of hydrogen-bond acceptors (Lipinski definition) is 1. The second-order valence-electron chi connectivity index (χ2n) is 1.47. The zero-order valence-electron chi connectivity index (χ0n) is 4.75. The van der Waals surface area contributed by atoms with Gasteiger partial charge in [0.15, 0.2) is 6.29 Å². The van der Waals surface area contributed by atoms with Crippen molar-refractivity contribution in [1.29, 1.82) is 0 Å². The number of aromatic nitrogens is 2. The molecule has 0 aliphatic carbocycles. The molecule has 0 amide bonds. The highest BCUT2D eigenvalue weighted by Crippen LogP contribution is 1.65. The van der Waals surface area contributed by atoms with Gasteiger partial charge in [-0.1, -0.05) is 0 Å². The fourth-order valence-corrected chi connectivity index (χ4v) is 0.520. The Morgan fingerprint density at radius 2 is 2.44 bits per heavy atom. The maximum atomic E-state index is 9.84. The summed E-state index contributed by atoms with van der Waals surface area (Å²) in [5.74, 6) is 0. The van der Waals surface area contributed by atoms with E-state index in [0.717, 1.165) is 6.29 Å². The largest absolute Gasteiger partial charge is 1.00 e. The van der Waals surface area contributed by atoms with Crippen LogP contribution in [0.4, 0.5) is 0 Å². The topological polar surface area (TPSA) is 36.7 Å². The van der Waals surface area contributed by atoms with Gasteiger partial charge >= 0.3 is 0 Å². The van der Waals surface area contributed by atoms with E-state index in [0.29, 0.717) is 6.54 Å². The summed E-state index contributed by atoms with van der Waals surface area (Å²) in [5.41, 5.74) is 0. The van der Waals surface area contributed by atoms with Gasteiger partial charge < -0.3 is 17.0 Å². The predicted molar refractivity (Wildman–Crippen MR) is 27.1 cm³/mol. The highest BCUT2D eigenvalue weighted by atomic mass is 79.9. The third-order valence-electron chi connectivity index (χ3n) is 0.888. The first kappa shape index (κ1) is 8.36. The van der Waals surface area contributed by atoms with Crippen LogP contribution in [0.3, 0.4) is 0 Å². The molecule has 0 aliphatic rings. The summed E-state index contributed by atoms with van der Waals surface area (Å²) in [6, 6.07) is 0. The van der Waals surface area contributed by atoms with Crippen molar-refractivity contribution in [2.45, 2.75) is 6.54 Å². The highest BCUT2D eigenvalue weighted by Gasteiger charge is 1.90. The van der Waals surface area contributed by atoms with Crippen LogP contribution in [0.25, 0.3) is 0 Å². The van der Waals surface area contributed by atoms with Gasteiger partial charge in [0.25, 0.3) is 0 Å². The van der Waals surface area contributed by atoms with Crippen LogP contribution in [0.15, 0.2) is 18.7 Å². The summed E-state index contributed by atoms with van der Waals surface area (Å²) in [4.78, 5) is 12.7. The highest BCUT2D eigenvalue weighted by molar-refractivity contribution is 5.46. The molecular formula is C5H7BrN2O. The Morgan fingerprint density at radius 3 is 2.89 bits per heavy atom. The van der Waals surface area contributed by atoms with E-state index in [2.05, 4.69) is 4.98 Å². The molecule has 0 bridgehead atoms. The van der Waals surface area contributed by atoms with Gasteiger partial charge in [0.1, 0.15) is 18.9 Å². The number of carbonyl (C=O) groups excluding carboxylic acids is 1. The van der Waals surface area contributed by atoms with E-state index < -0.39 is 0 Å². The van der Waals surface area contributed by atoms with Crippen molar-refractivity contribution in [1.82, 2.24) is 4.98 Å². The molecule has 1 aromatic heterocycles. The van der Waals surface area contributed by atoms with Crippen molar-refractivity contribution in [3.05, 3.63) is 18.7 Å². The molecule has 4 heteroatoms. The summed E-state index contributed by atoms with van der Waals surface area (Å²) in [5, 5.41) is 0. The predicted octanol–water partition coefficient (Wildman–Crippen LogP) is -3.49.